The molecule has 0 aromatic heterocycles. The first kappa shape index (κ1) is 71.9. The molecule has 0 saturated heterocycles. The van der Waals surface area contributed by atoms with Crippen molar-refractivity contribution in [3.05, 3.63) is 82.9 Å². The van der Waals surface area contributed by atoms with Crippen LogP contribution in [0.25, 0.3) is 21.5 Å². The second-order valence-corrected chi connectivity index (χ2v) is 25.6. The Hall–Kier alpha value is -1.21. The standard InChI is InChI=1S/2C34H56O3S.Ba/c2*1-3-5-7-9-11-13-15-17-19-21-24-30-28-31(25-22-20-18-16-14-12-10-8-6-4-2)34-32(29-30)26-23-27-33(34)38(35,36)37;/h2*23,26-29H,3-22,24-25H2,1-2H3,(H,35,36,37);/q;;+2/p-2. The van der Waals surface area contributed by atoms with Gasteiger partial charge in [0.05, 0.1) is 9.79 Å². The van der Waals surface area contributed by atoms with E-state index >= 15 is 0 Å². The van der Waals surface area contributed by atoms with E-state index in [-0.39, 0.29) is 58.7 Å². The number of hydrogen-bond acceptors (Lipinski definition) is 6. The fraction of sp³-hybridized carbons (Fsp3) is 0.706. The third-order valence-corrected chi connectivity index (χ3v) is 17.7. The molecule has 0 aliphatic heterocycles. The molecule has 9 heteroatoms. The molecule has 0 amide bonds. The van der Waals surface area contributed by atoms with E-state index in [4.69, 9.17) is 0 Å². The Kier molecular flexibility index (Phi) is 42.3. The zero-order chi connectivity index (χ0) is 55.0. The smallest absolute Gasteiger partial charge is 0.744 e. The van der Waals surface area contributed by atoms with E-state index in [1.165, 1.54) is 254 Å². The van der Waals surface area contributed by atoms with E-state index in [0.29, 0.717) is 10.8 Å². The normalized spacial score (nSPS) is 11.8. The first-order valence-corrected chi connectivity index (χ1v) is 34.8. The van der Waals surface area contributed by atoms with Crippen LogP contribution < -0.4 is 0 Å². The molecule has 0 spiro atoms. The molecule has 0 heterocycles. The van der Waals surface area contributed by atoms with Crippen LogP contribution in [-0.2, 0) is 45.9 Å². The quantitative estimate of drug-likeness (QED) is 0.0247. The number of hydrogen-bond donors (Lipinski definition) is 0. The summed E-state index contributed by atoms with van der Waals surface area (Å²) in [6.45, 7) is 9.04. The average Bonchev–Trinajstić information content (AvgIpc) is 3.40. The summed E-state index contributed by atoms with van der Waals surface area (Å²) in [5, 5.41) is 3.11. The Balaban J connectivity index is 0.000000520. The Morgan fingerprint density at radius 2 is 0.519 bits per heavy atom. The van der Waals surface area contributed by atoms with Crippen LogP contribution in [0.3, 0.4) is 0 Å². The van der Waals surface area contributed by atoms with Crippen LogP contribution in [0, 0.1) is 0 Å². The summed E-state index contributed by atoms with van der Waals surface area (Å²) in [4.78, 5) is -0.106. The van der Waals surface area contributed by atoms with Crippen LogP contribution >= 0.6 is 0 Å². The Morgan fingerprint density at radius 1 is 0.299 bits per heavy atom. The van der Waals surface area contributed by atoms with Crippen LogP contribution in [0.15, 0.2) is 70.5 Å². The third kappa shape index (κ3) is 32.3. The van der Waals surface area contributed by atoms with Gasteiger partial charge in [0.25, 0.3) is 0 Å². The van der Waals surface area contributed by atoms with E-state index in [9.17, 15) is 25.9 Å². The molecule has 0 aliphatic carbocycles. The molecule has 77 heavy (non-hydrogen) atoms. The van der Waals surface area contributed by atoms with Gasteiger partial charge in [-0.25, -0.2) is 16.8 Å². The molecule has 4 rings (SSSR count). The van der Waals surface area contributed by atoms with Gasteiger partial charge in [0.2, 0.25) is 0 Å². The predicted molar refractivity (Wildman–Crippen MR) is 332 cm³/mol. The summed E-state index contributed by atoms with van der Waals surface area (Å²) in [6, 6.07) is 18.9. The van der Waals surface area contributed by atoms with Gasteiger partial charge in [0.15, 0.2) is 0 Å². The van der Waals surface area contributed by atoms with Crippen molar-refractivity contribution in [1.82, 2.24) is 0 Å². The van der Waals surface area contributed by atoms with Gasteiger partial charge in [-0.05, 0) is 96.5 Å². The first-order valence-electron chi connectivity index (χ1n) is 31.9. The van der Waals surface area contributed by atoms with Crippen LogP contribution in [0.5, 0.6) is 0 Å². The number of rotatable bonds is 46. The average molecular weight is 1230 g/mol. The van der Waals surface area contributed by atoms with Crippen molar-refractivity contribution in [2.24, 2.45) is 0 Å². The maximum Gasteiger partial charge on any atom is 2.00 e. The minimum atomic E-state index is -4.50. The topological polar surface area (TPSA) is 114 Å². The molecule has 4 aromatic rings. The molecule has 432 valence electrons. The second kappa shape index (κ2) is 45.3. The van der Waals surface area contributed by atoms with Crippen molar-refractivity contribution in [3.8, 4) is 0 Å². The van der Waals surface area contributed by atoms with Gasteiger partial charge in [-0.2, -0.15) is 0 Å². The van der Waals surface area contributed by atoms with Crippen LogP contribution in [-0.4, -0.2) is 74.8 Å². The minimum absolute atomic E-state index is 0. The molecule has 0 N–H and O–H groups in total. The molecule has 0 atom stereocenters. The first-order chi connectivity index (χ1) is 36.9. The van der Waals surface area contributed by atoms with Gasteiger partial charge in [0.1, 0.15) is 20.2 Å². The van der Waals surface area contributed by atoms with Crippen LogP contribution in [0.1, 0.15) is 307 Å². The monoisotopic (exact) mass is 1220 g/mol. The van der Waals surface area contributed by atoms with Crippen molar-refractivity contribution in [2.75, 3.05) is 0 Å². The maximum atomic E-state index is 12.0. The van der Waals surface area contributed by atoms with Gasteiger partial charge in [-0.3, -0.25) is 0 Å². The summed E-state index contributed by atoms with van der Waals surface area (Å²) in [5.74, 6) is 0. The zero-order valence-corrected chi connectivity index (χ0v) is 55.9. The summed E-state index contributed by atoms with van der Waals surface area (Å²) in [7, 11) is -9.01. The van der Waals surface area contributed by atoms with E-state index in [1.54, 1.807) is 12.1 Å². The molecule has 0 unspecified atom stereocenters. The molecule has 0 saturated carbocycles. The van der Waals surface area contributed by atoms with Crippen molar-refractivity contribution < 1.29 is 25.9 Å². The van der Waals surface area contributed by atoms with Gasteiger partial charge < -0.3 is 9.11 Å². The van der Waals surface area contributed by atoms with E-state index in [1.807, 2.05) is 12.1 Å². The SMILES string of the molecule is CCCCCCCCCCCCc1cc(CCCCCCCCCCCC)c2c(S(=O)(=O)[O-])cccc2c1.CCCCCCCCCCCCc1cc(CCCCCCCCCCCC)c2c(S(=O)(=O)[O-])cccc2c1.[Ba+2]. The van der Waals surface area contributed by atoms with Crippen molar-refractivity contribution in [1.29, 1.82) is 0 Å². The van der Waals surface area contributed by atoms with Gasteiger partial charge >= 0.3 is 48.9 Å². The second-order valence-electron chi connectivity index (χ2n) is 22.9. The Morgan fingerprint density at radius 3 is 0.753 bits per heavy atom. The summed E-state index contributed by atoms with van der Waals surface area (Å²) < 4.78 is 72.2. The molecule has 0 aliphatic rings. The van der Waals surface area contributed by atoms with Gasteiger partial charge in [-0.15, -0.1) is 0 Å². The summed E-state index contributed by atoms with van der Waals surface area (Å²) >= 11 is 0. The minimum Gasteiger partial charge on any atom is -0.744 e. The van der Waals surface area contributed by atoms with Crippen LogP contribution in [0.4, 0.5) is 0 Å². The fourth-order valence-electron chi connectivity index (χ4n) is 11.4. The Labute approximate surface area is 514 Å². The Bertz CT molecular complexity index is 2160. The van der Waals surface area contributed by atoms with E-state index in [2.05, 4.69) is 52.0 Å². The number of unbranched alkanes of at least 4 members (excludes halogenated alkanes) is 36. The number of aryl methyl sites for hydroxylation is 4. The van der Waals surface area contributed by atoms with E-state index in [0.717, 1.165) is 73.3 Å². The number of fused-ring (bicyclic) bond motifs is 2. The molecule has 6 nitrogen and oxygen atoms in total. The largest absolute Gasteiger partial charge is 2.00 e. The molecule has 0 radical (unpaired) electrons. The molecular weight excluding hydrogens is 1110 g/mol. The number of benzene rings is 4. The van der Waals surface area contributed by atoms with Crippen molar-refractivity contribution in [3.63, 3.8) is 0 Å². The van der Waals surface area contributed by atoms with Gasteiger partial charge in [-0.1, -0.05) is 307 Å². The van der Waals surface area contributed by atoms with Crippen molar-refractivity contribution >= 4 is 90.7 Å². The molecule has 0 bridgehead atoms. The third-order valence-electron chi connectivity index (χ3n) is 15.9. The van der Waals surface area contributed by atoms with Gasteiger partial charge in [0, 0.05) is 10.8 Å². The summed E-state index contributed by atoms with van der Waals surface area (Å²) in [5.41, 5.74) is 4.64. The van der Waals surface area contributed by atoms with E-state index < -0.39 is 20.2 Å². The molecule has 0 fully saturated rings. The molecular formula is C68H110BaO6S2. The zero-order valence-electron chi connectivity index (χ0n) is 49.9. The summed E-state index contributed by atoms with van der Waals surface area (Å²) in [6.07, 6.45) is 55.7. The maximum absolute atomic E-state index is 12.0. The van der Waals surface area contributed by atoms with Crippen molar-refractivity contribution in [2.45, 2.75) is 320 Å². The fourth-order valence-corrected chi connectivity index (χ4v) is 12.9. The molecule has 4 aromatic carbocycles. The van der Waals surface area contributed by atoms with Crippen LogP contribution in [0.2, 0.25) is 0 Å². The predicted octanol–water partition coefficient (Wildman–Crippen LogP) is 21.0.